The molecular weight excluding hydrogens is 360 g/mol. The molecule has 0 aromatic carbocycles. The normalized spacial score (nSPS) is 21.2. The van der Waals surface area contributed by atoms with Gasteiger partial charge in [-0.2, -0.15) is 4.31 Å². The highest BCUT2D eigenvalue weighted by Crippen LogP contribution is 2.34. The maximum atomic E-state index is 12.7. The van der Waals surface area contributed by atoms with Gasteiger partial charge in [-0.15, -0.1) is 11.3 Å². The number of thiophene rings is 1. The van der Waals surface area contributed by atoms with Crippen LogP contribution in [-0.4, -0.2) is 32.4 Å². The number of rotatable bonds is 5. The lowest BCUT2D eigenvalue weighted by atomic mass is 10.0. The van der Waals surface area contributed by atoms with E-state index in [0.717, 1.165) is 24.3 Å². The van der Waals surface area contributed by atoms with E-state index in [4.69, 9.17) is 0 Å². The van der Waals surface area contributed by atoms with Gasteiger partial charge in [0.1, 0.15) is 4.90 Å². The summed E-state index contributed by atoms with van der Waals surface area (Å²) >= 11 is 4.91. The number of halogens is 1. The van der Waals surface area contributed by atoms with Gasteiger partial charge in [0.05, 0.1) is 3.79 Å². The fourth-order valence-electron chi connectivity index (χ4n) is 2.41. The predicted molar refractivity (Wildman–Crippen MR) is 86.6 cm³/mol. The van der Waals surface area contributed by atoms with Gasteiger partial charge in [0.2, 0.25) is 10.0 Å². The van der Waals surface area contributed by atoms with Crippen molar-refractivity contribution < 1.29 is 8.42 Å². The zero-order chi connectivity index (χ0) is 14.8. The van der Waals surface area contributed by atoms with Crippen LogP contribution in [0.4, 0.5) is 0 Å². The van der Waals surface area contributed by atoms with Gasteiger partial charge in [-0.05, 0) is 47.3 Å². The van der Waals surface area contributed by atoms with Gasteiger partial charge in [0.15, 0.2) is 0 Å². The molecule has 114 valence electrons. The van der Waals surface area contributed by atoms with E-state index in [1.165, 1.54) is 11.3 Å². The molecule has 4 nitrogen and oxygen atoms in total. The highest BCUT2D eigenvalue weighted by molar-refractivity contribution is 9.11. The minimum atomic E-state index is -3.36. The summed E-state index contributed by atoms with van der Waals surface area (Å²) in [6, 6.07) is 1.80. The van der Waals surface area contributed by atoms with Gasteiger partial charge in [0, 0.05) is 24.5 Å². The Bertz CT molecular complexity index is 557. The fourth-order valence-corrected chi connectivity index (χ4v) is 6.61. The summed E-state index contributed by atoms with van der Waals surface area (Å²) in [4.78, 5) is 1.46. The van der Waals surface area contributed by atoms with E-state index >= 15 is 0 Å². The van der Waals surface area contributed by atoms with Crippen molar-refractivity contribution in [3.05, 3.63) is 14.7 Å². The van der Waals surface area contributed by atoms with Crippen molar-refractivity contribution in [1.29, 1.82) is 0 Å². The molecule has 2 heterocycles. The minimum Gasteiger partial charge on any atom is -0.312 e. The summed E-state index contributed by atoms with van der Waals surface area (Å²) < 4.78 is 27.8. The van der Waals surface area contributed by atoms with Gasteiger partial charge in [-0.1, -0.05) is 13.8 Å². The van der Waals surface area contributed by atoms with Gasteiger partial charge in [-0.25, -0.2) is 8.42 Å². The van der Waals surface area contributed by atoms with Crippen LogP contribution in [0.5, 0.6) is 0 Å². The Morgan fingerprint density at radius 3 is 2.95 bits per heavy atom. The number of nitrogens with zero attached hydrogens (tertiary/aromatic N) is 1. The maximum Gasteiger partial charge on any atom is 0.245 e. The summed E-state index contributed by atoms with van der Waals surface area (Å²) in [5.74, 6) is 0.442. The van der Waals surface area contributed by atoms with Crippen LogP contribution >= 0.6 is 27.3 Å². The molecule has 7 heteroatoms. The second-order valence-electron chi connectivity index (χ2n) is 5.24. The molecule has 1 aliphatic heterocycles. The first-order chi connectivity index (χ1) is 9.45. The fraction of sp³-hybridized carbons (Fsp3) is 0.692. The zero-order valence-electron chi connectivity index (χ0n) is 11.9. The molecule has 0 radical (unpaired) electrons. The van der Waals surface area contributed by atoms with E-state index in [9.17, 15) is 8.42 Å². The Morgan fingerprint density at radius 2 is 2.30 bits per heavy atom. The average Bonchev–Trinajstić information content (AvgIpc) is 2.78. The van der Waals surface area contributed by atoms with Crippen molar-refractivity contribution >= 4 is 37.3 Å². The molecule has 1 saturated heterocycles. The van der Waals surface area contributed by atoms with Crippen molar-refractivity contribution in [2.45, 2.75) is 38.1 Å². The number of hydrogen-bond acceptors (Lipinski definition) is 4. The first-order valence-corrected chi connectivity index (χ1v) is 9.99. The van der Waals surface area contributed by atoms with Crippen LogP contribution in [-0.2, 0) is 16.6 Å². The standard InChI is InChI=1S/C13H21BrN2O2S2/c1-3-15-8-11-7-12(13(14)19-11)20(17,18)16-6-4-5-10(2)9-16/h7,10,15H,3-6,8-9H2,1-2H3. The van der Waals surface area contributed by atoms with Crippen LogP contribution in [0.15, 0.2) is 14.7 Å². The summed E-state index contributed by atoms with van der Waals surface area (Å²) in [6.45, 7) is 7.01. The SMILES string of the molecule is CCNCc1cc(S(=O)(=O)N2CCCC(C)C2)c(Br)s1. The Balaban J connectivity index is 2.22. The Kier molecular flexibility index (Phi) is 5.64. The van der Waals surface area contributed by atoms with Crippen molar-refractivity contribution in [2.75, 3.05) is 19.6 Å². The Hall–Kier alpha value is 0.0500. The molecule has 0 spiro atoms. The first-order valence-electron chi connectivity index (χ1n) is 6.94. The Morgan fingerprint density at radius 1 is 1.55 bits per heavy atom. The number of nitrogens with one attached hydrogen (secondary N) is 1. The monoisotopic (exact) mass is 380 g/mol. The molecule has 1 aliphatic rings. The Labute approximate surface area is 133 Å². The van der Waals surface area contributed by atoms with Crippen molar-refractivity contribution in [3.63, 3.8) is 0 Å². The van der Waals surface area contributed by atoms with Crippen molar-refractivity contribution in [1.82, 2.24) is 9.62 Å². The van der Waals surface area contributed by atoms with E-state index in [1.54, 1.807) is 10.4 Å². The van der Waals surface area contributed by atoms with Crippen LogP contribution in [0.2, 0.25) is 0 Å². The van der Waals surface area contributed by atoms with Crippen LogP contribution in [0, 0.1) is 5.92 Å². The molecule has 1 aromatic rings. The predicted octanol–water partition coefficient (Wildman–Crippen LogP) is 3.04. The number of hydrogen-bond donors (Lipinski definition) is 1. The van der Waals surface area contributed by atoms with Gasteiger partial charge in [-0.3, -0.25) is 0 Å². The lowest BCUT2D eigenvalue weighted by Gasteiger charge is -2.29. The molecule has 1 unspecified atom stereocenters. The van der Waals surface area contributed by atoms with E-state index in [1.807, 2.05) is 6.92 Å². The third kappa shape index (κ3) is 3.62. The molecule has 1 fully saturated rings. The van der Waals surface area contributed by atoms with Crippen LogP contribution in [0.25, 0.3) is 0 Å². The molecule has 1 atom stereocenters. The maximum absolute atomic E-state index is 12.7. The second kappa shape index (κ2) is 6.87. The second-order valence-corrected chi connectivity index (χ2v) is 9.60. The number of sulfonamides is 1. The molecule has 1 N–H and O–H groups in total. The molecule has 0 saturated carbocycles. The lowest BCUT2D eigenvalue weighted by molar-refractivity contribution is 0.281. The van der Waals surface area contributed by atoms with E-state index in [-0.39, 0.29) is 0 Å². The topological polar surface area (TPSA) is 49.4 Å². The molecule has 1 aromatic heterocycles. The van der Waals surface area contributed by atoms with Gasteiger partial charge in [0.25, 0.3) is 0 Å². The molecule has 2 rings (SSSR count). The molecule has 0 bridgehead atoms. The summed E-state index contributed by atoms with van der Waals surface area (Å²) in [7, 11) is -3.36. The smallest absolute Gasteiger partial charge is 0.245 e. The van der Waals surface area contributed by atoms with Crippen molar-refractivity contribution in [2.24, 2.45) is 5.92 Å². The van der Waals surface area contributed by atoms with Crippen LogP contribution in [0.3, 0.4) is 0 Å². The third-order valence-electron chi connectivity index (χ3n) is 3.49. The first kappa shape index (κ1) is 16.4. The van der Waals surface area contributed by atoms with Crippen molar-refractivity contribution in [3.8, 4) is 0 Å². The highest BCUT2D eigenvalue weighted by Gasteiger charge is 2.31. The van der Waals surface area contributed by atoms with E-state index in [2.05, 4.69) is 28.2 Å². The molecule has 20 heavy (non-hydrogen) atoms. The molecule has 0 aliphatic carbocycles. The quantitative estimate of drug-likeness (QED) is 0.853. The molecule has 0 amide bonds. The van der Waals surface area contributed by atoms with E-state index < -0.39 is 10.0 Å². The third-order valence-corrected chi connectivity index (χ3v) is 7.61. The van der Waals surface area contributed by atoms with Crippen LogP contribution < -0.4 is 5.32 Å². The average molecular weight is 381 g/mol. The summed E-state index contributed by atoms with van der Waals surface area (Å²) in [6.07, 6.45) is 2.06. The highest BCUT2D eigenvalue weighted by atomic mass is 79.9. The lowest BCUT2D eigenvalue weighted by Crippen LogP contribution is -2.39. The van der Waals surface area contributed by atoms with Crippen LogP contribution in [0.1, 0.15) is 31.6 Å². The minimum absolute atomic E-state index is 0.421. The summed E-state index contributed by atoms with van der Waals surface area (Å²) in [5, 5.41) is 3.22. The molecular formula is C13H21BrN2O2S2. The largest absolute Gasteiger partial charge is 0.312 e. The van der Waals surface area contributed by atoms with Gasteiger partial charge < -0.3 is 5.32 Å². The number of piperidine rings is 1. The van der Waals surface area contributed by atoms with E-state index in [0.29, 0.717) is 34.2 Å². The van der Waals surface area contributed by atoms with Gasteiger partial charge >= 0.3 is 0 Å². The zero-order valence-corrected chi connectivity index (χ0v) is 15.1. The summed E-state index contributed by atoms with van der Waals surface area (Å²) in [5.41, 5.74) is 0.